The molecule has 0 bridgehead atoms. The maximum Gasteiger partial charge on any atom is 0.410 e. The highest BCUT2D eigenvalue weighted by molar-refractivity contribution is 7.09. The molecule has 2 N–H and O–H groups in total. The molecule has 1 aliphatic rings. The summed E-state index contributed by atoms with van der Waals surface area (Å²) in [5, 5.41) is 11.3. The van der Waals surface area contributed by atoms with Crippen LogP contribution in [0, 0.1) is 0 Å². The van der Waals surface area contributed by atoms with Crippen LogP contribution in [0.2, 0.25) is 5.02 Å². The molecule has 0 spiro atoms. The summed E-state index contributed by atoms with van der Waals surface area (Å²) in [5.74, 6) is 0.128. The Morgan fingerprint density at radius 1 is 1.30 bits per heavy atom. The van der Waals surface area contributed by atoms with Crippen LogP contribution in [0.4, 0.5) is 19.0 Å². The Bertz CT molecular complexity index is 1150. The maximum atomic E-state index is 14.0. The molecule has 7 nitrogen and oxygen atoms in total. The monoisotopic (exact) mass is 500 g/mol. The first-order chi connectivity index (χ1) is 15.7. The fourth-order valence-corrected chi connectivity index (χ4v) is 4.60. The standard InChI is InChI=1S/C21H20ClF3N4O3S/c1-31-14-6-5-11(8-15(14)32-2)13-9-16(21(23,24)25)29-19(27-13)17(22)18(28-29)20(30)26-10-12-4-3-7-33-12/h3-8,13,16,27H,9-10H2,1-2H3,(H,26,30)/t13-,16+/m0/s1. The molecule has 12 heteroatoms. The Morgan fingerprint density at radius 3 is 2.70 bits per heavy atom. The zero-order valence-corrected chi connectivity index (χ0v) is 19.1. The van der Waals surface area contributed by atoms with Gasteiger partial charge in [-0.15, -0.1) is 11.3 Å². The van der Waals surface area contributed by atoms with Crippen LogP contribution in [0.25, 0.3) is 0 Å². The first-order valence-corrected chi connectivity index (χ1v) is 11.1. The van der Waals surface area contributed by atoms with Crippen molar-refractivity contribution in [1.29, 1.82) is 0 Å². The Hall–Kier alpha value is -2.92. The van der Waals surface area contributed by atoms with E-state index in [0.29, 0.717) is 17.1 Å². The summed E-state index contributed by atoms with van der Waals surface area (Å²) in [4.78, 5) is 13.5. The summed E-state index contributed by atoms with van der Waals surface area (Å²) in [6, 6.07) is 5.83. The van der Waals surface area contributed by atoms with Crippen LogP contribution < -0.4 is 20.1 Å². The molecule has 33 heavy (non-hydrogen) atoms. The molecular formula is C21H20ClF3N4O3S. The Morgan fingerprint density at radius 2 is 2.06 bits per heavy atom. The third kappa shape index (κ3) is 4.60. The molecule has 2 aromatic heterocycles. The van der Waals surface area contributed by atoms with E-state index in [9.17, 15) is 18.0 Å². The van der Waals surface area contributed by atoms with Gasteiger partial charge in [0.15, 0.2) is 23.2 Å². The van der Waals surface area contributed by atoms with Gasteiger partial charge >= 0.3 is 6.18 Å². The fourth-order valence-electron chi connectivity index (χ4n) is 3.69. The van der Waals surface area contributed by atoms with Crippen molar-refractivity contribution in [3.8, 4) is 11.5 Å². The van der Waals surface area contributed by atoms with Gasteiger partial charge in [0.1, 0.15) is 10.8 Å². The maximum absolute atomic E-state index is 14.0. The largest absolute Gasteiger partial charge is 0.493 e. The van der Waals surface area contributed by atoms with Crippen molar-refractivity contribution in [2.75, 3.05) is 19.5 Å². The van der Waals surface area contributed by atoms with E-state index in [1.165, 1.54) is 25.6 Å². The number of methoxy groups -OCH3 is 2. The van der Waals surface area contributed by atoms with Gasteiger partial charge in [0, 0.05) is 11.3 Å². The van der Waals surface area contributed by atoms with E-state index in [2.05, 4.69) is 15.7 Å². The van der Waals surface area contributed by atoms with Crippen LogP contribution >= 0.6 is 22.9 Å². The number of fused-ring (bicyclic) bond motifs is 1. The Balaban J connectivity index is 1.66. The van der Waals surface area contributed by atoms with Crippen molar-refractivity contribution in [2.24, 2.45) is 0 Å². The van der Waals surface area contributed by atoms with Crippen molar-refractivity contribution in [2.45, 2.75) is 31.2 Å². The van der Waals surface area contributed by atoms with E-state index >= 15 is 0 Å². The second kappa shape index (κ2) is 9.14. The third-order valence-electron chi connectivity index (χ3n) is 5.32. The second-order valence-corrected chi connectivity index (χ2v) is 8.73. The predicted octanol–water partition coefficient (Wildman–Crippen LogP) is 5.21. The first-order valence-electron chi connectivity index (χ1n) is 9.86. The molecule has 3 heterocycles. The Labute approximate surface area is 196 Å². The number of halogens is 4. The lowest BCUT2D eigenvalue weighted by atomic mass is 9.96. The van der Waals surface area contributed by atoms with Gasteiger partial charge in [-0.3, -0.25) is 4.79 Å². The minimum Gasteiger partial charge on any atom is -0.493 e. The van der Waals surface area contributed by atoms with Gasteiger partial charge in [0.25, 0.3) is 5.91 Å². The van der Waals surface area contributed by atoms with Crippen LogP contribution in [0.3, 0.4) is 0 Å². The van der Waals surface area contributed by atoms with Crippen LogP contribution in [0.15, 0.2) is 35.7 Å². The molecule has 0 aliphatic carbocycles. The minimum absolute atomic E-state index is 0.0636. The van der Waals surface area contributed by atoms with Gasteiger partial charge in [-0.1, -0.05) is 23.7 Å². The fraction of sp³-hybridized carbons (Fsp3) is 0.333. The number of hydrogen-bond acceptors (Lipinski definition) is 6. The van der Waals surface area contributed by atoms with E-state index in [4.69, 9.17) is 21.1 Å². The predicted molar refractivity (Wildman–Crippen MR) is 118 cm³/mol. The van der Waals surface area contributed by atoms with Gasteiger partial charge in [0.05, 0.1) is 26.8 Å². The van der Waals surface area contributed by atoms with Crippen LogP contribution in [0.5, 0.6) is 11.5 Å². The molecule has 176 valence electrons. The van der Waals surface area contributed by atoms with Gasteiger partial charge < -0.3 is 20.1 Å². The first kappa shape index (κ1) is 23.2. The van der Waals surface area contributed by atoms with Crippen LogP contribution in [-0.4, -0.2) is 36.1 Å². The summed E-state index contributed by atoms with van der Waals surface area (Å²) in [5.41, 5.74) is 0.284. The molecular weight excluding hydrogens is 481 g/mol. The third-order valence-corrected chi connectivity index (χ3v) is 6.56. The van der Waals surface area contributed by atoms with Crippen molar-refractivity contribution in [3.05, 3.63) is 56.9 Å². The second-order valence-electron chi connectivity index (χ2n) is 7.32. The average Bonchev–Trinajstić information content (AvgIpc) is 3.43. The number of nitrogens with one attached hydrogen (secondary N) is 2. The molecule has 0 fully saturated rings. The lowest BCUT2D eigenvalue weighted by Crippen LogP contribution is -2.36. The number of carbonyl (C=O) groups is 1. The number of anilines is 1. The number of benzene rings is 1. The van der Waals surface area contributed by atoms with Gasteiger partial charge in [-0.2, -0.15) is 18.3 Å². The number of rotatable bonds is 6. The van der Waals surface area contributed by atoms with Gasteiger partial charge in [-0.25, -0.2) is 4.68 Å². The zero-order chi connectivity index (χ0) is 23.8. The van der Waals surface area contributed by atoms with Crippen molar-refractivity contribution >= 4 is 34.7 Å². The number of amides is 1. The lowest BCUT2D eigenvalue weighted by Gasteiger charge is -2.33. The molecule has 0 unspecified atom stereocenters. The van der Waals surface area contributed by atoms with E-state index in [1.807, 2.05) is 17.5 Å². The van der Waals surface area contributed by atoms with Crippen molar-refractivity contribution < 1.29 is 27.4 Å². The topological polar surface area (TPSA) is 77.4 Å². The summed E-state index contributed by atoms with van der Waals surface area (Å²) >= 11 is 7.80. The molecule has 0 radical (unpaired) electrons. The minimum atomic E-state index is -4.61. The zero-order valence-electron chi connectivity index (χ0n) is 17.6. The number of thiophene rings is 1. The average molecular weight is 501 g/mol. The number of nitrogens with zero attached hydrogens (tertiary/aromatic N) is 2. The van der Waals surface area contributed by atoms with E-state index in [0.717, 1.165) is 9.56 Å². The highest BCUT2D eigenvalue weighted by atomic mass is 35.5. The molecule has 1 aliphatic heterocycles. The summed E-state index contributed by atoms with van der Waals surface area (Å²) < 4.78 is 53.2. The quantitative estimate of drug-likeness (QED) is 0.486. The van der Waals surface area contributed by atoms with Gasteiger partial charge in [0.2, 0.25) is 0 Å². The van der Waals surface area contributed by atoms with Crippen LogP contribution in [0.1, 0.15) is 39.4 Å². The van der Waals surface area contributed by atoms with Gasteiger partial charge in [-0.05, 0) is 29.1 Å². The number of alkyl halides is 3. The number of ether oxygens (including phenoxy) is 2. The van der Waals surface area contributed by atoms with E-state index in [1.54, 1.807) is 18.2 Å². The molecule has 0 saturated carbocycles. The van der Waals surface area contributed by atoms with Crippen LogP contribution in [-0.2, 0) is 6.54 Å². The summed E-state index contributed by atoms with van der Waals surface area (Å²) in [7, 11) is 2.92. The Kier molecular flexibility index (Phi) is 6.44. The van der Waals surface area contributed by atoms with E-state index in [-0.39, 0.29) is 29.5 Å². The number of hydrogen-bond donors (Lipinski definition) is 2. The molecule has 4 rings (SSSR count). The lowest BCUT2D eigenvalue weighted by molar-refractivity contribution is -0.173. The smallest absolute Gasteiger partial charge is 0.410 e. The molecule has 3 aromatic rings. The number of carbonyl (C=O) groups excluding carboxylic acids is 1. The highest BCUT2D eigenvalue weighted by Crippen LogP contribution is 2.47. The highest BCUT2D eigenvalue weighted by Gasteiger charge is 2.48. The number of aromatic nitrogens is 2. The van der Waals surface area contributed by atoms with Crippen molar-refractivity contribution in [1.82, 2.24) is 15.1 Å². The SMILES string of the molecule is COc1ccc([C@@H]2C[C@H](C(F)(F)F)n3nc(C(=O)NCc4cccs4)c(Cl)c3N2)cc1OC. The van der Waals surface area contributed by atoms with E-state index < -0.39 is 24.2 Å². The molecule has 0 saturated heterocycles. The summed E-state index contributed by atoms with van der Waals surface area (Å²) in [6.07, 6.45) is -4.95. The molecule has 1 amide bonds. The molecule has 2 atom stereocenters. The molecule has 1 aromatic carbocycles. The summed E-state index contributed by atoms with van der Waals surface area (Å²) in [6.45, 7) is 0.222. The van der Waals surface area contributed by atoms with Crippen molar-refractivity contribution in [3.63, 3.8) is 0 Å². The normalized spacial score (nSPS) is 17.8.